The molecule has 0 spiro atoms. The van der Waals surface area contributed by atoms with E-state index in [1.807, 2.05) is 13.8 Å². The van der Waals surface area contributed by atoms with E-state index >= 15 is 0 Å². The highest BCUT2D eigenvalue weighted by Crippen LogP contribution is 2.39. The molecule has 3 atom stereocenters. The van der Waals surface area contributed by atoms with Gasteiger partial charge in [0.05, 0.1) is 5.41 Å². The number of nitrogens with zero attached hydrogens (tertiary/aromatic N) is 1. The number of hydrogen-bond acceptors (Lipinski definition) is 3. The van der Waals surface area contributed by atoms with Gasteiger partial charge in [-0.1, -0.05) is 30.3 Å². The van der Waals surface area contributed by atoms with Crippen LogP contribution in [0.15, 0.2) is 30.3 Å². The van der Waals surface area contributed by atoms with E-state index in [-0.39, 0.29) is 11.3 Å². The number of likely N-dealkylation sites (tertiary alicyclic amines) is 1. The quantitative estimate of drug-likeness (QED) is 0.841. The molecule has 0 bridgehead atoms. The molecule has 1 saturated carbocycles. The molecule has 1 heterocycles. The topological polar surface area (TPSA) is 44.4 Å². The zero-order valence-corrected chi connectivity index (χ0v) is 15.2. The minimum absolute atomic E-state index is 0.113. The third-order valence-corrected chi connectivity index (χ3v) is 5.83. The van der Waals surface area contributed by atoms with Crippen molar-refractivity contribution >= 4 is 5.91 Å². The number of nitrogens with one attached hydrogen (secondary N) is 2. The van der Waals surface area contributed by atoms with Crippen molar-refractivity contribution in [2.24, 2.45) is 17.3 Å². The van der Waals surface area contributed by atoms with Crippen LogP contribution in [-0.4, -0.2) is 43.5 Å². The van der Waals surface area contributed by atoms with E-state index in [2.05, 4.69) is 45.9 Å². The molecule has 2 fully saturated rings. The maximum Gasteiger partial charge on any atom is 0.226 e. The van der Waals surface area contributed by atoms with Crippen molar-refractivity contribution in [1.82, 2.24) is 15.5 Å². The van der Waals surface area contributed by atoms with Crippen molar-refractivity contribution in [3.63, 3.8) is 0 Å². The highest BCUT2D eigenvalue weighted by atomic mass is 16.2. The molecule has 3 rings (SSSR count). The molecule has 1 aromatic rings. The molecule has 0 radical (unpaired) electrons. The molecule has 0 unspecified atom stereocenters. The Bertz CT molecular complexity index is 557. The Kier molecular flexibility index (Phi) is 5.26. The first-order chi connectivity index (χ1) is 11.5. The van der Waals surface area contributed by atoms with Gasteiger partial charge >= 0.3 is 0 Å². The van der Waals surface area contributed by atoms with Crippen molar-refractivity contribution in [2.75, 3.05) is 26.7 Å². The Balaban J connectivity index is 1.53. The first-order valence-electron chi connectivity index (χ1n) is 9.21. The molecule has 0 aromatic heterocycles. The molecule has 1 amide bonds. The summed E-state index contributed by atoms with van der Waals surface area (Å²) in [4.78, 5) is 14.6. The summed E-state index contributed by atoms with van der Waals surface area (Å²) in [6.07, 6.45) is 2.56. The fourth-order valence-corrected chi connectivity index (χ4v) is 4.39. The SMILES string of the molecule is CNC(=O)C(C)(C)CN[C@@H]1CC[C@H]2CN(Cc3ccccc3)C[C@@H]21. The molecule has 1 aliphatic heterocycles. The Morgan fingerprint density at radius 2 is 1.96 bits per heavy atom. The van der Waals surface area contributed by atoms with Gasteiger partial charge in [0, 0.05) is 39.3 Å². The minimum atomic E-state index is -0.352. The number of benzene rings is 1. The standard InChI is InChI=1S/C20H31N3O/c1-20(2,19(24)21-3)14-22-18-10-9-16-12-23(13-17(16)18)11-15-7-5-4-6-8-15/h4-8,16-18,22H,9-14H2,1-3H3,(H,21,24)/t16-,17-,18+/m0/s1. The van der Waals surface area contributed by atoms with E-state index in [0.29, 0.717) is 6.04 Å². The van der Waals surface area contributed by atoms with Gasteiger partial charge in [0.1, 0.15) is 0 Å². The second-order valence-electron chi connectivity index (χ2n) is 8.13. The lowest BCUT2D eigenvalue weighted by atomic mass is 9.91. The average molecular weight is 329 g/mol. The van der Waals surface area contributed by atoms with Crippen LogP contribution in [0.5, 0.6) is 0 Å². The normalized spacial score (nSPS) is 27.2. The van der Waals surface area contributed by atoms with E-state index in [1.54, 1.807) is 7.05 Å². The molecule has 132 valence electrons. The number of rotatable bonds is 6. The Labute approximate surface area is 146 Å². The van der Waals surface area contributed by atoms with Crippen LogP contribution in [-0.2, 0) is 11.3 Å². The number of carbonyl (C=O) groups excluding carboxylic acids is 1. The van der Waals surface area contributed by atoms with Crippen LogP contribution in [0.4, 0.5) is 0 Å². The zero-order chi connectivity index (χ0) is 17.2. The molecule has 4 nitrogen and oxygen atoms in total. The lowest BCUT2D eigenvalue weighted by Crippen LogP contribution is -2.46. The summed E-state index contributed by atoms with van der Waals surface area (Å²) in [5.74, 6) is 1.66. The lowest BCUT2D eigenvalue weighted by Gasteiger charge is -2.28. The molecule has 1 aromatic carbocycles. The first kappa shape index (κ1) is 17.4. The highest BCUT2D eigenvalue weighted by Gasteiger charge is 2.42. The van der Waals surface area contributed by atoms with E-state index in [9.17, 15) is 4.79 Å². The molecule has 1 aliphatic carbocycles. The molecule has 1 saturated heterocycles. The van der Waals surface area contributed by atoms with Gasteiger partial charge in [-0.2, -0.15) is 0 Å². The number of fused-ring (bicyclic) bond motifs is 1. The van der Waals surface area contributed by atoms with E-state index in [4.69, 9.17) is 0 Å². The summed E-state index contributed by atoms with van der Waals surface area (Å²) >= 11 is 0. The second kappa shape index (κ2) is 7.24. The summed E-state index contributed by atoms with van der Waals surface area (Å²) in [6, 6.07) is 11.3. The predicted octanol–water partition coefficient (Wildman–Crippen LogP) is 2.26. The van der Waals surface area contributed by atoms with Crippen LogP contribution in [0, 0.1) is 17.3 Å². The maximum absolute atomic E-state index is 12.0. The van der Waals surface area contributed by atoms with Crippen LogP contribution in [0.2, 0.25) is 0 Å². The van der Waals surface area contributed by atoms with Crippen LogP contribution < -0.4 is 10.6 Å². The van der Waals surface area contributed by atoms with Crippen LogP contribution in [0.25, 0.3) is 0 Å². The van der Waals surface area contributed by atoms with E-state index in [0.717, 1.165) is 24.9 Å². The van der Waals surface area contributed by atoms with Gasteiger partial charge in [-0.15, -0.1) is 0 Å². The van der Waals surface area contributed by atoms with Crippen molar-refractivity contribution in [3.05, 3.63) is 35.9 Å². The van der Waals surface area contributed by atoms with Crippen molar-refractivity contribution in [1.29, 1.82) is 0 Å². The van der Waals surface area contributed by atoms with Gasteiger partial charge in [0.2, 0.25) is 5.91 Å². The number of carbonyl (C=O) groups is 1. The average Bonchev–Trinajstić information content (AvgIpc) is 3.13. The summed E-state index contributed by atoms with van der Waals surface area (Å²) in [6.45, 7) is 8.24. The molecule has 24 heavy (non-hydrogen) atoms. The van der Waals surface area contributed by atoms with Gasteiger partial charge < -0.3 is 10.6 Å². The molecular weight excluding hydrogens is 298 g/mol. The minimum Gasteiger partial charge on any atom is -0.359 e. The Morgan fingerprint density at radius 3 is 2.67 bits per heavy atom. The lowest BCUT2D eigenvalue weighted by molar-refractivity contribution is -0.128. The van der Waals surface area contributed by atoms with E-state index < -0.39 is 0 Å². The fraction of sp³-hybridized carbons (Fsp3) is 0.650. The Morgan fingerprint density at radius 1 is 1.21 bits per heavy atom. The van der Waals surface area contributed by atoms with Crippen LogP contribution in [0.1, 0.15) is 32.3 Å². The summed E-state index contributed by atoms with van der Waals surface area (Å²) in [7, 11) is 1.72. The van der Waals surface area contributed by atoms with E-state index in [1.165, 1.54) is 31.5 Å². The van der Waals surface area contributed by atoms with Gasteiger partial charge in [-0.05, 0) is 44.1 Å². The smallest absolute Gasteiger partial charge is 0.226 e. The van der Waals surface area contributed by atoms with Crippen LogP contribution in [0.3, 0.4) is 0 Å². The van der Waals surface area contributed by atoms with Crippen molar-refractivity contribution < 1.29 is 4.79 Å². The zero-order valence-electron chi connectivity index (χ0n) is 15.2. The van der Waals surface area contributed by atoms with Gasteiger partial charge in [-0.25, -0.2) is 0 Å². The molecular formula is C20H31N3O. The fourth-order valence-electron chi connectivity index (χ4n) is 4.39. The predicted molar refractivity (Wildman–Crippen MR) is 97.6 cm³/mol. The molecule has 2 aliphatic rings. The monoisotopic (exact) mass is 329 g/mol. The van der Waals surface area contributed by atoms with Gasteiger partial charge in [-0.3, -0.25) is 9.69 Å². The number of hydrogen-bond donors (Lipinski definition) is 2. The summed E-state index contributed by atoms with van der Waals surface area (Å²) < 4.78 is 0. The van der Waals surface area contributed by atoms with Gasteiger partial charge in [0.15, 0.2) is 0 Å². The third kappa shape index (κ3) is 3.81. The third-order valence-electron chi connectivity index (χ3n) is 5.83. The largest absolute Gasteiger partial charge is 0.359 e. The van der Waals surface area contributed by atoms with Crippen LogP contribution >= 0.6 is 0 Å². The summed E-state index contributed by atoms with van der Waals surface area (Å²) in [5, 5.41) is 6.48. The molecule has 2 N–H and O–H groups in total. The second-order valence-corrected chi connectivity index (χ2v) is 8.13. The maximum atomic E-state index is 12.0. The first-order valence-corrected chi connectivity index (χ1v) is 9.21. The molecule has 4 heteroatoms. The van der Waals surface area contributed by atoms with Crippen molar-refractivity contribution in [2.45, 2.75) is 39.3 Å². The highest BCUT2D eigenvalue weighted by molar-refractivity contribution is 5.81. The van der Waals surface area contributed by atoms with Crippen molar-refractivity contribution in [3.8, 4) is 0 Å². The summed E-state index contributed by atoms with van der Waals surface area (Å²) in [5.41, 5.74) is 1.05. The number of amides is 1. The van der Waals surface area contributed by atoms with Gasteiger partial charge in [0.25, 0.3) is 0 Å². The Hall–Kier alpha value is -1.39.